The fraction of sp³-hybridized carbons (Fsp3) is 1.00. The second-order valence-corrected chi connectivity index (χ2v) is 5.45. The van der Waals surface area contributed by atoms with Crippen molar-refractivity contribution in [3.05, 3.63) is 0 Å². The third-order valence-electron chi connectivity index (χ3n) is 1.81. The SMILES string of the molecule is CC(C)(CS)CC(C)(C)CS. The molecule has 2 heteroatoms. The van der Waals surface area contributed by atoms with E-state index >= 15 is 0 Å². The van der Waals surface area contributed by atoms with Gasteiger partial charge in [-0.05, 0) is 28.8 Å². The van der Waals surface area contributed by atoms with Crippen LogP contribution < -0.4 is 0 Å². The molecular formula is C9H20S2. The topological polar surface area (TPSA) is 0 Å². The summed E-state index contributed by atoms with van der Waals surface area (Å²) in [7, 11) is 0. The minimum Gasteiger partial charge on any atom is -0.179 e. The molecule has 0 aliphatic rings. The van der Waals surface area contributed by atoms with Gasteiger partial charge in [0, 0.05) is 0 Å². The van der Waals surface area contributed by atoms with Crippen LogP contribution in [0.2, 0.25) is 0 Å². The van der Waals surface area contributed by atoms with Crippen LogP contribution in [0.1, 0.15) is 34.1 Å². The van der Waals surface area contributed by atoms with E-state index in [1.807, 2.05) is 0 Å². The van der Waals surface area contributed by atoms with E-state index in [2.05, 4.69) is 53.0 Å². The first kappa shape index (κ1) is 11.7. The number of hydrogen-bond donors (Lipinski definition) is 2. The minimum atomic E-state index is 0.343. The molecule has 0 atom stereocenters. The molecule has 0 aliphatic heterocycles. The number of thiol groups is 2. The molecule has 0 amide bonds. The first-order valence-electron chi connectivity index (χ1n) is 4.05. The summed E-state index contributed by atoms with van der Waals surface area (Å²) >= 11 is 8.65. The van der Waals surface area contributed by atoms with Gasteiger partial charge in [0.1, 0.15) is 0 Å². The zero-order valence-corrected chi connectivity index (χ0v) is 9.80. The van der Waals surface area contributed by atoms with E-state index in [0.29, 0.717) is 10.8 Å². The van der Waals surface area contributed by atoms with Gasteiger partial charge in [0.25, 0.3) is 0 Å². The first-order chi connectivity index (χ1) is 4.83. The number of rotatable bonds is 4. The van der Waals surface area contributed by atoms with Crippen molar-refractivity contribution in [2.24, 2.45) is 10.8 Å². The summed E-state index contributed by atoms with van der Waals surface area (Å²) in [5.74, 6) is 1.90. The molecule has 0 fully saturated rings. The van der Waals surface area contributed by atoms with Gasteiger partial charge in [-0.15, -0.1) is 0 Å². The van der Waals surface area contributed by atoms with Gasteiger partial charge in [0.15, 0.2) is 0 Å². The lowest BCUT2D eigenvalue weighted by atomic mass is 9.77. The highest BCUT2D eigenvalue weighted by atomic mass is 32.1. The Morgan fingerprint density at radius 2 is 1.09 bits per heavy atom. The summed E-state index contributed by atoms with van der Waals surface area (Å²) in [5.41, 5.74) is 0.685. The molecule has 0 bridgehead atoms. The molecule has 0 spiro atoms. The van der Waals surface area contributed by atoms with E-state index < -0.39 is 0 Å². The van der Waals surface area contributed by atoms with E-state index in [1.54, 1.807) is 0 Å². The summed E-state index contributed by atoms with van der Waals surface area (Å²) in [6.45, 7) is 9.02. The Balaban J connectivity index is 4.02. The van der Waals surface area contributed by atoms with Crippen LogP contribution in [0.4, 0.5) is 0 Å². The van der Waals surface area contributed by atoms with E-state index in [4.69, 9.17) is 0 Å². The van der Waals surface area contributed by atoms with Crippen LogP contribution in [0, 0.1) is 10.8 Å². The smallest absolute Gasteiger partial charge is 0.00462 e. The summed E-state index contributed by atoms with van der Waals surface area (Å²) in [6.07, 6.45) is 1.19. The first-order valence-corrected chi connectivity index (χ1v) is 5.31. The second kappa shape index (κ2) is 4.08. The van der Waals surface area contributed by atoms with Crippen molar-refractivity contribution in [3.63, 3.8) is 0 Å². The van der Waals surface area contributed by atoms with Crippen LogP contribution in [0.15, 0.2) is 0 Å². The third kappa shape index (κ3) is 5.02. The fourth-order valence-corrected chi connectivity index (χ4v) is 1.63. The third-order valence-corrected chi connectivity index (χ3v) is 3.53. The standard InChI is InChI=1S/C9H20S2/c1-8(2,6-10)5-9(3,4)7-11/h10-11H,5-7H2,1-4H3. The van der Waals surface area contributed by atoms with E-state index in [-0.39, 0.29) is 0 Å². The van der Waals surface area contributed by atoms with Gasteiger partial charge in [-0.3, -0.25) is 0 Å². The van der Waals surface area contributed by atoms with Crippen molar-refractivity contribution >= 4 is 25.3 Å². The summed E-state index contributed by atoms with van der Waals surface area (Å²) in [6, 6.07) is 0. The molecule has 0 aliphatic carbocycles. The van der Waals surface area contributed by atoms with E-state index in [0.717, 1.165) is 11.5 Å². The lowest BCUT2D eigenvalue weighted by molar-refractivity contribution is 0.244. The molecule has 0 unspecified atom stereocenters. The molecule has 0 aromatic heterocycles. The molecule has 68 valence electrons. The zero-order chi connectivity index (χ0) is 9.12. The second-order valence-electron chi connectivity index (χ2n) is 4.82. The lowest BCUT2D eigenvalue weighted by Crippen LogP contribution is -2.25. The van der Waals surface area contributed by atoms with Crippen LogP contribution in [-0.2, 0) is 0 Å². The molecule has 0 heterocycles. The molecule has 0 nitrogen and oxygen atoms in total. The van der Waals surface area contributed by atoms with Crippen molar-refractivity contribution in [1.82, 2.24) is 0 Å². The predicted molar refractivity (Wildman–Crippen MR) is 59.9 cm³/mol. The average molecular weight is 192 g/mol. The Morgan fingerprint density at radius 1 is 0.818 bits per heavy atom. The summed E-state index contributed by atoms with van der Waals surface area (Å²) in [5, 5.41) is 0. The van der Waals surface area contributed by atoms with Crippen LogP contribution in [0.5, 0.6) is 0 Å². The Bertz CT molecular complexity index is 103. The monoisotopic (exact) mass is 192 g/mol. The van der Waals surface area contributed by atoms with Crippen LogP contribution in [0.25, 0.3) is 0 Å². The van der Waals surface area contributed by atoms with Crippen molar-refractivity contribution in [2.45, 2.75) is 34.1 Å². The average Bonchev–Trinajstić information content (AvgIpc) is 1.86. The molecule has 11 heavy (non-hydrogen) atoms. The maximum absolute atomic E-state index is 4.33. The van der Waals surface area contributed by atoms with Crippen molar-refractivity contribution in [1.29, 1.82) is 0 Å². The van der Waals surface area contributed by atoms with Gasteiger partial charge >= 0.3 is 0 Å². The van der Waals surface area contributed by atoms with Gasteiger partial charge in [0.05, 0.1) is 0 Å². The summed E-state index contributed by atoms with van der Waals surface area (Å²) in [4.78, 5) is 0. The van der Waals surface area contributed by atoms with Gasteiger partial charge in [-0.1, -0.05) is 27.7 Å². The van der Waals surface area contributed by atoms with Crippen molar-refractivity contribution in [2.75, 3.05) is 11.5 Å². The highest BCUT2D eigenvalue weighted by molar-refractivity contribution is 7.80. The molecule has 0 N–H and O–H groups in total. The molecule has 0 rings (SSSR count). The molecular weight excluding hydrogens is 172 g/mol. The van der Waals surface area contributed by atoms with Crippen molar-refractivity contribution in [3.8, 4) is 0 Å². The summed E-state index contributed by atoms with van der Waals surface area (Å²) < 4.78 is 0. The fourth-order valence-electron chi connectivity index (χ4n) is 1.41. The molecule has 0 aromatic rings. The van der Waals surface area contributed by atoms with Crippen LogP contribution in [-0.4, -0.2) is 11.5 Å². The Morgan fingerprint density at radius 3 is 1.27 bits per heavy atom. The number of hydrogen-bond acceptors (Lipinski definition) is 2. The van der Waals surface area contributed by atoms with Crippen LogP contribution in [0.3, 0.4) is 0 Å². The zero-order valence-electron chi connectivity index (χ0n) is 8.02. The molecule has 0 aromatic carbocycles. The Labute approximate surface area is 82.0 Å². The maximum Gasteiger partial charge on any atom is -0.00462 e. The highest BCUT2D eigenvalue weighted by Gasteiger charge is 2.26. The van der Waals surface area contributed by atoms with Gasteiger partial charge < -0.3 is 0 Å². The molecule has 0 saturated carbocycles. The van der Waals surface area contributed by atoms with Gasteiger partial charge in [0.2, 0.25) is 0 Å². The van der Waals surface area contributed by atoms with Gasteiger partial charge in [-0.25, -0.2) is 0 Å². The lowest BCUT2D eigenvalue weighted by Gasteiger charge is -2.32. The quantitative estimate of drug-likeness (QED) is 0.628. The normalized spacial score (nSPS) is 13.6. The Kier molecular flexibility index (Phi) is 4.34. The van der Waals surface area contributed by atoms with E-state index in [1.165, 1.54) is 6.42 Å². The van der Waals surface area contributed by atoms with Crippen molar-refractivity contribution < 1.29 is 0 Å². The van der Waals surface area contributed by atoms with Crippen LogP contribution >= 0.6 is 25.3 Å². The minimum absolute atomic E-state index is 0.343. The highest BCUT2D eigenvalue weighted by Crippen LogP contribution is 2.34. The Hall–Kier alpha value is 0.700. The van der Waals surface area contributed by atoms with Gasteiger partial charge in [-0.2, -0.15) is 25.3 Å². The predicted octanol–water partition coefficient (Wildman–Crippen LogP) is 3.29. The molecule has 0 saturated heterocycles. The molecule has 0 radical (unpaired) electrons. The largest absolute Gasteiger partial charge is 0.179 e. The van der Waals surface area contributed by atoms with E-state index in [9.17, 15) is 0 Å². The maximum atomic E-state index is 4.33.